The summed E-state index contributed by atoms with van der Waals surface area (Å²) in [7, 11) is -0.267. The third-order valence-corrected chi connectivity index (χ3v) is 4.66. The van der Waals surface area contributed by atoms with E-state index in [2.05, 4.69) is 60.2 Å². The molecule has 2 N–H and O–H groups in total. The molecule has 128 valence electrons. The highest BCUT2D eigenvalue weighted by molar-refractivity contribution is 6.61. The molecule has 1 aliphatic rings. The van der Waals surface area contributed by atoms with Crippen molar-refractivity contribution in [2.75, 3.05) is 13.2 Å². The van der Waals surface area contributed by atoms with E-state index in [1.165, 1.54) is 17.0 Å². The minimum atomic E-state index is -0.267. The van der Waals surface area contributed by atoms with Gasteiger partial charge in [0.2, 0.25) is 0 Å². The largest absolute Gasteiger partial charge is 0.493 e. The number of rotatable bonds is 4. The zero-order valence-electron chi connectivity index (χ0n) is 14.7. The maximum atomic E-state index is 5.89. The lowest BCUT2D eigenvalue weighted by molar-refractivity contribution is 0.0343. The number of hydrogen-bond acceptors (Lipinski definition) is 2. The highest BCUT2D eigenvalue weighted by Crippen LogP contribution is 2.29. The van der Waals surface area contributed by atoms with Crippen molar-refractivity contribution in [1.29, 1.82) is 0 Å². The normalized spacial score (nSPS) is 17.2. The molecule has 2 aromatic heterocycles. The van der Waals surface area contributed by atoms with Gasteiger partial charge in [-0.1, -0.05) is 38.1 Å². The second-order valence-electron chi connectivity index (χ2n) is 7.47. The van der Waals surface area contributed by atoms with Gasteiger partial charge in [-0.3, -0.25) is 0 Å². The number of benzene rings is 1. The van der Waals surface area contributed by atoms with Gasteiger partial charge in [0.25, 0.3) is 0 Å². The quantitative estimate of drug-likeness (QED) is 0.720. The number of hydrogen-bond donors (Lipinski definition) is 2. The number of nitrogens with one attached hydrogen (secondary N) is 2. The fourth-order valence-electron chi connectivity index (χ4n) is 3.30. The molecular formula is C20H23BN2O2. The van der Waals surface area contributed by atoms with Crippen molar-refractivity contribution in [1.82, 2.24) is 9.97 Å². The monoisotopic (exact) mass is 334 g/mol. The van der Waals surface area contributed by atoms with Crippen LogP contribution in [0.4, 0.5) is 0 Å². The summed E-state index contributed by atoms with van der Waals surface area (Å²) in [5.41, 5.74) is 4.72. The first-order valence-corrected chi connectivity index (χ1v) is 8.72. The molecule has 0 unspecified atom stereocenters. The van der Waals surface area contributed by atoms with Gasteiger partial charge in [-0.2, -0.15) is 0 Å². The summed E-state index contributed by atoms with van der Waals surface area (Å²) in [4.78, 5) is 6.68. The molecule has 0 radical (unpaired) electrons. The molecule has 5 heteroatoms. The molecule has 3 heterocycles. The zero-order chi connectivity index (χ0) is 17.3. The van der Waals surface area contributed by atoms with Crippen LogP contribution in [0, 0.1) is 5.41 Å². The van der Waals surface area contributed by atoms with E-state index >= 15 is 0 Å². The van der Waals surface area contributed by atoms with E-state index in [4.69, 9.17) is 9.31 Å². The molecule has 0 saturated carbocycles. The maximum absolute atomic E-state index is 5.89. The summed E-state index contributed by atoms with van der Waals surface area (Å²) in [6.07, 6.45) is 3.93. The molecule has 3 aromatic rings. The van der Waals surface area contributed by atoms with Gasteiger partial charge >= 0.3 is 7.12 Å². The Labute approximate surface area is 148 Å². The summed E-state index contributed by atoms with van der Waals surface area (Å²) in [6, 6.07) is 16.8. The third kappa shape index (κ3) is 3.43. The van der Waals surface area contributed by atoms with Crippen molar-refractivity contribution in [3.8, 4) is 0 Å². The highest BCUT2D eigenvalue weighted by Gasteiger charge is 2.33. The molecule has 25 heavy (non-hydrogen) atoms. The predicted molar refractivity (Wildman–Crippen MR) is 100 cm³/mol. The third-order valence-electron chi connectivity index (χ3n) is 4.66. The van der Waals surface area contributed by atoms with E-state index in [0.717, 1.165) is 5.46 Å². The van der Waals surface area contributed by atoms with Crippen LogP contribution in [0.1, 0.15) is 36.7 Å². The average Bonchev–Trinajstić information content (AvgIpc) is 3.30. The number of H-pyrrole nitrogens is 2. The summed E-state index contributed by atoms with van der Waals surface area (Å²) in [5, 5.41) is 0. The van der Waals surface area contributed by atoms with Gasteiger partial charge in [-0.25, -0.2) is 0 Å². The fraction of sp³-hybridized carbons (Fsp3) is 0.300. The Morgan fingerprint density at radius 2 is 1.44 bits per heavy atom. The lowest BCUT2D eigenvalue weighted by Gasteiger charge is -2.33. The van der Waals surface area contributed by atoms with Crippen molar-refractivity contribution in [3.05, 3.63) is 77.9 Å². The van der Waals surface area contributed by atoms with Crippen LogP contribution in [0.3, 0.4) is 0 Å². The predicted octanol–water partition coefficient (Wildman–Crippen LogP) is 3.29. The first kappa shape index (κ1) is 16.2. The Kier molecular flexibility index (Phi) is 4.28. The Bertz CT molecular complexity index is 751. The molecule has 0 amide bonds. The molecule has 0 spiro atoms. The van der Waals surface area contributed by atoms with Crippen LogP contribution in [0.25, 0.3) is 0 Å². The van der Waals surface area contributed by atoms with E-state index in [1.807, 2.05) is 24.5 Å². The van der Waals surface area contributed by atoms with E-state index in [-0.39, 0.29) is 18.5 Å². The molecule has 4 rings (SSSR count). The molecule has 0 aliphatic carbocycles. The molecule has 4 nitrogen and oxygen atoms in total. The topological polar surface area (TPSA) is 50.0 Å². The van der Waals surface area contributed by atoms with Gasteiger partial charge in [0, 0.05) is 42.4 Å². The summed E-state index contributed by atoms with van der Waals surface area (Å²) in [6.45, 7) is 5.74. The molecule has 1 saturated heterocycles. The lowest BCUT2D eigenvalue weighted by Crippen LogP contribution is -2.47. The standard InChI is InChI=1S/C20H23BN2O2/c1-20(2)13-24-21(25-14-20)16-9-7-15(8-10-16)19(17-5-3-11-22-17)18-6-4-12-23-18/h3-12,19,22-23H,13-14H2,1-2H3. The second kappa shape index (κ2) is 6.58. The van der Waals surface area contributed by atoms with Gasteiger partial charge < -0.3 is 19.3 Å². The van der Waals surface area contributed by atoms with Crippen LogP contribution in [0.15, 0.2) is 60.9 Å². The molecule has 0 bridgehead atoms. The van der Waals surface area contributed by atoms with Crippen LogP contribution >= 0.6 is 0 Å². The second-order valence-corrected chi connectivity index (χ2v) is 7.47. The maximum Gasteiger partial charge on any atom is 0.493 e. The van der Waals surface area contributed by atoms with Crippen LogP contribution in [0.5, 0.6) is 0 Å². The van der Waals surface area contributed by atoms with Crippen molar-refractivity contribution < 1.29 is 9.31 Å². The number of aromatic nitrogens is 2. The molecular weight excluding hydrogens is 311 g/mol. The van der Waals surface area contributed by atoms with Crippen molar-refractivity contribution in [2.24, 2.45) is 5.41 Å². The SMILES string of the molecule is CC1(C)COB(c2ccc(C(c3ccc[nH]3)c3ccc[nH]3)cc2)OC1. The Hall–Kier alpha value is -2.24. The lowest BCUT2D eigenvalue weighted by atomic mass is 9.75. The zero-order valence-corrected chi connectivity index (χ0v) is 14.7. The van der Waals surface area contributed by atoms with Gasteiger partial charge in [0.15, 0.2) is 0 Å². The van der Waals surface area contributed by atoms with E-state index in [0.29, 0.717) is 13.2 Å². The van der Waals surface area contributed by atoms with Crippen molar-refractivity contribution >= 4 is 12.6 Å². The smallest absolute Gasteiger partial charge is 0.407 e. The van der Waals surface area contributed by atoms with E-state index in [9.17, 15) is 0 Å². The first-order chi connectivity index (χ1) is 12.1. The molecule has 1 aromatic carbocycles. The van der Waals surface area contributed by atoms with Crippen LogP contribution in [-0.2, 0) is 9.31 Å². The molecule has 1 aliphatic heterocycles. The highest BCUT2D eigenvalue weighted by atomic mass is 16.6. The Morgan fingerprint density at radius 3 is 1.92 bits per heavy atom. The van der Waals surface area contributed by atoms with E-state index in [1.54, 1.807) is 0 Å². The minimum absolute atomic E-state index is 0.0861. The van der Waals surface area contributed by atoms with Crippen LogP contribution in [0.2, 0.25) is 0 Å². The van der Waals surface area contributed by atoms with Gasteiger partial charge in [-0.15, -0.1) is 0 Å². The number of aromatic amines is 2. The average molecular weight is 334 g/mol. The first-order valence-electron chi connectivity index (χ1n) is 8.72. The summed E-state index contributed by atoms with van der Waals surface area (Å²) in [5.74, 6) is 0.158. The summed E-state index contributed by atoms with van der Waals surface area (Å²) < 4.78 is 11.8. The van der Waals surface area contributed by atoms with Gasteiger partial charge in [0.1, 0.15) is 0 Å². The summed E-state index contributed by atoms with van der Waals surface area (Å²) >= 11 is 0. The Morgan fingerprint density at radius 1 is 0.880 bits per heavy atom. The van der Waals surface area contributed by atoms with Crippen LogP contribution in [-0.4, -0.2) is 30.3 Å². The van der Waals surface area contributed by atoms with Crippen LogP contribution < -0.4 is 5.46 Å². The van der Waals surface area contributed by atoms with Gasteiger partial charge in [0.05, 0.1) is 5.92 Å². The fourth-order valence-corrected chi connectivity index (χ4v) is 3.30. The Balaban J connectivity index is 1.58. The molecule has 0 atom stereocenters. The molecule has 1 fully saturated rings. The minimum Gasteiger partial charge on any atom is -0.407 e. The van der Waals surface area contributed by atoms with Crippen molar-refractivity contribution in [2.45, 2.75) is 19.8 Å². The van der Waals surface area contributed by atoms with Crippen molar-refractivity contribution in [3.63, 3.8) is 0 Å². The van der Waals surface area contributed by atoms with E-state index < -0.39 is 0 Å². The van der Waals surface area contributed by atoms with Gasteiger partial charge in [-0.05, 0) is 35.3 Å².